The molecule has 3 heteroatoms. The third-order valence-electron chi connectivity index (χ3n) is 3.35. The highest BCUT2D eigenvalue weighted by Crippen LogP contribution is 2.35. The van der Waals surface area contributed by atoms with Gasteiger partial charge in [0.15, 0.2) is 6.61 Å². The molecule has 0 aromatic rings. The van der Waals surface area contributed by atoms with Crippen molar-refractivity contribution in [3.63, 3.8) is 0 Å². The third-order valence-corrected chi connectivity index (χ3v) is 3.35. The van der Waals surface area contributed by atoms with Crippen molar-refractivity contribution in [3.8, 4) is 11.8 Å². The van der Waals surface area contributed by atoms with Crippen LogP contribution in [0.4, 0.5) is 4.79 Å². The molecule has 2 unspecified atom stereocenters. The van der Waals surface area contributed by atoms with Crippen LogP contribution in [0, 0.1) is 11.8 Å². The summed E-state index contributed by atoms with van der Waals surface area (Å²) in [5.74, 6) is 5.47. The first kappa shape index (κ1) is 10.4. The molecule has 0 N–H and O–H groups in total. The van der Waals surface area contributed by atoms with Crippen molar-refractivity contribution in [3.05, 3.63) is 0 Å². The highest BCUT2D eigenvalue weighted by molar-refractivity contribution is 5.69. The Hall–Kier alpha value is -1.17. The molecule has 2 heterocycles. The molecule has 2 rings (SSSR count). The topological polar surface area (TPSA) is 29.5 Å². The van der Waals surface area contributed by atoms with Crippen LogP contribution in [0.25, 0.3) is 0 Å². The summed E-state index contributed by atoms with van der Waals surface area (Å²) in [6.07, 6.45) is 5.69. The molecule has 0 saturated carbocycles. The molecule has 82 valence electrons. The zero-order chi connectivity index (χ0) is 10.7. The van der Waals surface area contributed by atoms with Gasteiger partial charge < -0.3 is 9.64 Å². The minimum Gasteiger partial charge on any atom is -0.436 e. The molecule has 3 nitrogen and oxygen atoms in total. The van der Waals surface area contributed by atoms with Gasteiger partial charge in [-0.25, -0.2) is 4.79 Å². The summed E-state index contributed by atoms with van der Waals surface area (Å²) in [6.45, 7) is 1.98. The normalized spacial score (nSPS) is 28.2. The first-order valence-corrected chi connectivity index (χ1v) is 5.67. The molecule has 1 amide bonds. The molecule has 2 bridgehead atoms. The summed E-state index contributed by atoms with van der Waals surface area (Å²) in [5, 5.41) is 0. The van der Waals surface area contributed by atoms with E-state index >= 15 is 0 Å². The molecule has 2 aliphatic heterocycles. The number of carbonyl (C=O) groups is 1. The van der Waals surface area contributed by atoms with Gasteiger partial charge in [-0.1, -0.05) is 5.92 Å². The predicted octanol–water partition coefficient (Wildman–Crippen LogP) is 2.16. The lowest BCUT2D eigenvalue weighted by Gasteiger charge is -2.33. The Labute approximate surface area is 90.8 Å². The number of amides is 1. The van der Waals surface area contributed by atoms with Crippen LogP contribution >= 0.6 is 0 Å². The van der Waals surface area contributed by atoms with Crippen LogP contribution in [0.2, 0.25) is 0 Å². The summed E-state index contributed by atoms with van der Waals surface area (Å²) < 4.78 is 5.12. The van der Waals surface area contributed by atoms with Gasteiger partial charge in [0.25, 0.3) is 0 Å². The average molecular weight is 207 g/mol. The monoisotopic (exact) mass is 207 g/mol. The second-order valence-electron chi connectivity index (χ2n) is 4.20. The molecule has 2 aliphatic rings. The molecule has 0 spiro atoms. The van der Waals surface area contributed by atoms with Crippen LogP contribution in [0.1, 0.15) is 39.0 Å². The van der Waals surface area contributed by atoms with E-state index in [0.717, 1.165) is 25.7 Å². The maximum atomic E-state index is 11.8. The van der Waals surface area contributed by atoms with Crippen molar-refractivity contribution >= 4 is 6.09 Å². The highest BCUT2D eigenvalue weighted by atomic mass is 16.6. The van der Waals surface area contributed by atoms with Gasteiger partial charge in [0.2, 0.25) is 0 Å². The van der Waals surface area contributed by atoms with E-state index in [4.69, 9.17) is 4.74 Å². The predicted molar refractivity (Wildman–Crippen MR) is 57.3 cm³/mol. The Morgan fingerprint density at radius 1 is 1.33 bits per heavy atom. The van der Waals surface area contributed by atoms with Crippen LogP contribution in [-0.2, 0) is 4.74 Å². The van der Waals surface area contributed by atoms with Crippen molar-refractivity contribution in [2.24, 2.45) is 0 Å². The summed E-state index contributed by atoms with van der Waals surface area (Å²) in [4.78, 5) is 13.7. The largest absolute Gasteiger partial charge is 0.436 e. The number of fused-ring (bicyclic) bond motifs is 2. The van der Waals surface area contributed by atoms with Gasteiger partial charge in [0.1, 0.15) is 0 Å². The zero-order valence-corrected chi connectivity index (χ0v) is 9.16. The van der Waals surface area contributed by atoms with E-state index in [9.17, 15) is 4.79 Å². The lowest BCUT2D eigenvalue weighted by molar-refractivity contribution is 0.0786. The van der Waals surface area contributed by atoms with Crippen LogP contribution in [-0.4, -0.2) is 29.7 Å². The van der Waals surface area contributed by atoms with Crippen molar-refractivity contribution in [2.45, 2.75) is 51.1 Å². The van der Waals surface area contributed by atoms with Crippen molar-refractivity contribution in [1.82, 2.24) is 4.90 Å². The minimum absolute atomic E-state index is 0.162. The first-order valence-electron chi connectivity index (χ1n) is 5.67. The van der Waals surface area contributed by atoms with E-state index in [0.29, 0.717) is 12.1 Å². The van der Waals surface area contributed by atoms with Gasteiger partial charge >= 0.3 is 6.09 Å². The summed E-state index contributed by atoms with van der Waals surface area (Å²) >= 11 is 0. The van der Waals surface area contributed by atoms with Gasteiger partial charge in [0.05, 0.1) is 0 Å². The van der Waals surface area contributed by atoms with Crippen LogP contribution in [0.3, 0.4) is 0 Å². The van der Waals surface area contributed by atoms with Gasteiger partial charge in [-0.05, 0) is 39.0 Å². The van der Waals surface area contributed by atoms with E-state index < -0.39 is 0 Å². The van der Waals surface area contributed by atoms with Crippen molar-refractivity contribution < 1.29 is 9.53 Å². The SMILES string of the molecule is CC#CCOC(=O)N1C2CCCC1CC2. The second-order valence-corrected chi connectivity index (χ2v) is 4.20. The average Bonchev–Trinajstić information content (AvgIpc) is 2.49. The molecule has 0 aliphatic carbocycles. The number of rotatable bonds is 1. The maximum absolute atomic E-state index is 11.8. The van der Waals surface area contributed by atoms with E-state index in [2.05, 4.69) is 11.8 Å². The fraction of sp³-hybridized carbons (Fsp3) is 0.750. The third kappa shape index (κ3) is 2.09. The van der Waals surface area contributed by atoms with E-state index in [-0.39, 0.29) is 12.7 Å². The summed E-state index contributed by atoms with van der Waals surface area (Å²) in [7, 11) is 0. The standard InChI is InChI=1S/C12H17NO2/c1-2-3-9-15-12(14)13-10-5-4-6-11(13)8-7-10/h10-11H,4-9H2,1H3. The molecular formula is C12H17NO2. The molecule has 0 aromatic heterocycles. The zero-order valence-electron chi connectivity index (χ0n) is 9.16. The minimum atomic E-state index is -0.162. The number of ether oxygens (including phenoxy) is 1. The lowest BCUT2D eigenvalue weighted by atomic mass is 10.0. The Bertz CT molecular complexity index is 286. The van der Waals surface area contributed by atoms with Crippen LogP contribution < -0.4 is 0 Å². The Balaban J connectivity index is 1.91. The highest BCUT2D eigenvalue weighted by Gasteiger charge is 2.40. The van der Waals surface area contributed by atoms with Gasteiger partial charge in [-0.2, -0.15) is 0 Å². The lowest BCUT2D eigenvalue weighted by Crippen LogP contribution is -2.44. The molecule has 0 radical (unpaired) electrons. The Morgan fingerprint density at radius 2 is 2.00 bits per heavy atom. The molecule has 2 atom stereocenters. The fourth-order valence-electron chi connectivity index (χ4n) is 2.66. The van der Waals surface area contributed by atoms with Gasteiger partial charge in [-0.15, -0.1) is 5.92 Å². The van der Waals surface area contributed by atoms with Crippen LogP contribution in [0.15, 0.2) is 0 Å². The van der Waals surface area contributed by atoms with E-state index in [1.54, 1.807) is 6.92 Å². The maximum Gasteiger partial charge on any atom is 0.411 e. The number of nitrogens with zero attached hydrogens (tertiary/aromatic N) is 1. The quantitative estimate of drug-likeness (QED) is 0.617. The van der Waals surface area contributed by atoms with Gasteiger partial charge in [0, 0.05) is 12.1 Å². The molecule has 0 aromatic carbocycles. The summed E-state index contributed by atoms with van der Waals surface area (Å²) in [5.41, 5.74) is 0. The van der Waals surface area contributed by atoms with Crippen molar-refractivity contribution in [2.75, 3.05) is 6.61 Å². The smallest absolute Gasteiger partial charge is 0.411 e. The van der Waals surface area contributed by atoms with E-state index in [1.807, 2.05) is 4.90 Å². The second kappa shape index (κ2) is 4.57. The van der Waals surface area contributed by atoms with Crippen LogP contribution in [0.5, 0.6) is 0 Å². The number of piperidine rings is 1. The van der Waals surface area contributed by atoms with E-state index in [1.165, 1.54) is 6.42 Å². The number of hydrogen-bond donors (Lipinski definition) is 0. The van der Waals surface area contributed by atoms with Crippen molar-refractivity contribution in [1.29, 1.82) is 0 Å². The molecule has 15 heavy (non-hydrogen) atoms. The number of hydrogen-bond acceptors (Lipinski definition) is 2. The fourth-order valence-corrected chi connectivity index (χ4v) is 2.66. The Kier molecular flexibility index (Phi) is 3.15. The number of carbonyl (C=O) groups excluding carboxylic acids is 1. The molecule has 2 saturated heterocycles. The first-order chi connectivity index (χ1) is 7.33. The van der Waals surface area contributed by atoms with Gasteiger partial charge in [-0.3, -0.25) is 0 Å². The molecular weight excluding hydrogens is 190 g/mol. The Morgan fingerprint density at radius 3 is 2.60 bits per heavy atom. The molecule has 2 fully saturated rings. The summed E-state index contributed by atoms with van der Waals surface area (Å²) in [6, 6.07) is 0.872.